The van der Waals surface area contributed by atoms with Crippen molar-refractivity contribution in [2.75, 3.05) is 4.90 Å². The topological polar surface area (TPSA) is 78.1 Å². The highest BCUT2D eigenvalue weighted by molar-refractivity contribution is 6.07. The highest BCUT2D eigenvalue weighted by Gasteiger charge is 2.35. The number of aromatic amines is 1. The van der Waals surface area contributed by atoms with Crippen LogP contribution in [-0.4, -0.2) is 28.1 Å². The van der Waals surface area contributed by atoms with E-state index in [2.05, 4.69) is 15.5 Å². The summed E-state index contributed by atoms with van der Waals surface area (Å²) in [6.45, 7) is 1.48. The predicted octanol–water partition coefficient (Wildman–Crippen LogP) is 5.94. The highest BCUT2D eigenvalue weighted by atomic mass is 19.4. The molecule has 36 heavy (non-hydrogen) atoms. The maximum absolute atomic E-state index is 12.9. The van der Waals surface area contributed by atoms with Gasteiger partial charge in [-0.3, -0.25) is 19.6 Å². The number of hydrogen-bond acceptors (Lipinski definition) is 3. The maximum atomic E-state index is 12.9. The van der Waals surface area contributed by atoms with Gasteiger partial charge in [0, 0.05) is 41.6 Å². The molecule has 4 aromatic rings. The molecule has 9 heteroatoms. The summed E-state index contributed by atoms with van der Waals surface area (Å²) in [6, 6.07) is 19.6. The van der Waals surface area contributed by atoms with Crippen molar-refractivity contribution >= 4 is 34.1 Å². The number of rotatable bonds is 5. The van der Waals surface area contributed by atoms with Gasteiger partial charge in [-0.05, 0) is 42.5 Å². The summed E-state index contributed by atoms with van der Waals surface area (Å²) in [7, 11) is 0. The fraction of sp³-hybridized carbons (Fsp3) is 0.222. The Morgan fingerprint density at radius 1 is 1.00 bits per heavy atom. The third kappa shape index (κ3) is 4.56. The van der Waals surface area contributed by atoms with Gasteiger partial charge in [0.1, 0.15) is 0 Å². The predicted molar refractivity (Wildman–Crippen MR) is 130 cm³/mol. The van der Waals surface area contributed by atoms with Crippen LogP contribution in [0.2, 0.25) is 0 Å². The van der Waals surface area contributed by atoms with Crippen molar-refractivity contribution in [1.82, 2.24) is 15.5 Å². The van der Waals surface area contributed by atoms with E-state index in [1.54, 1.807) is 4.90 Å². The van der Waals surface area contributed by atoms with Crippen LogP contribution in [0.5, 0.6) is 0 Å². The van der Waals surface area contributed by atoms with Gasteiger partial charge in [-0.1, -0.05) is 42.5 Å². The second kappa shape index (κ2) is 9.14. The number of nitrogens with zero attached hydrogens (tertiary/aromatic N) is 2. The van der Waals surface area contributed by atoms with Crippen LogP contribution >= 0.6 is 0 Å². The monoisotopic (exact) mass is 492 g/mol. The van der Waals surface area contributed by atoms with Crippen molar-refractivity contribution in [3.8, 4) is 0 Å². The number of carbonyl (C=O) groups is 2. The molecule has 6 nitrogen and oxygen atoms in total. The average Bonchev–Trinajstić information content (AvgIpc) is 3.29. The maximum Gasteiger partial charge on any atom is 0.416 e. The van der Waals surface area contributed by atoms with Gasteiger partial charge in [-0.25, -0.2) is 0 Å². The van der Waals surface area contributed by atoms with Crippen LogP contribution in [0.25, 0.3) is 10.8 Å². The first kappa shape index (κ1) is 23.6. The summed E-state index contributed by atoms with van der Waals surface area (Å²) in [6.07, 6.45) is -3.28. The van der Waals surface area contributed by atoms with Gasteiger partial charge in [0.15, 0.2) is 5.82 Å². The molecule has 1 aliphatic carbocycles. The number of amides is 2. The first-order valence-electron chi connectivity index (χ1n) is 11.5. The summed E-state index contributed by atoms with van der Waals surface area (Å²) < 4.78 is 38.8. The first-order chi connectivity index (χ1) is 17.2. The highest BCUT2D eigenvalue weighted by Crippen LogP contribution is 2.39. The number of hydrogen-bond donors (Lipinski definition) is 2. The number of aromatic nitrogens is 2. The van der Waals surface area contributed by atoms with E-state index in [1.165, 1.54) is 19.1 Å². The van der Waals surface area contributed by atoms with Crippen LogP contribution in [0.4, 0.5) is 24.7 Å². The molecule has 1 saturated carbocycles. The smallest absolute Gasteiger partial charge is 0.349 e. The van der Waals surface area contributed by atoms with Gasteiger partial charge < -0.3 is 5.32 Å². The number of anilines is 2. The molecule has 1 aliphatic rings. The molecule has 2 N–H and O–H groups in total. The van der Waals surface area contributed by atoms with Crippen molar-refractivity contribution < 1.29 is 22.8 Å². The summed E-state index contributed by atoms with van der Waals surface area (Å²) in [5.74, 6) is -0.150. The average molecular weight is 493 g/mol. The molecule has 3 aromatic carbocycles. The molecule has 1 heterocycles. The molecule has 0 saturated heterocycles. The van der Waals surface area contributed by atoms with Crippen molar-refractivity contribution in [3.63, 3.8) is 0 Å². The molecule has 1 fully saturated rings. The van der Waals surface area contributed by atoms with Gasteiger partial charge in [-0.15, -0.1) is 0 Å². The Morgan fingerprint density at radius 2 is 1.72 bits per heavy atom. The number of alkyl halides is 3. The molecule has 0 aliphatic heterocycles. The Kier molecular flexibility index (Phi) is 5.99. The van der Waals surface area contributed by atoms with Crippen LogP contribution in [0.1, 0.15) is 47.3 Å². The lowest BCUT2D eigenvalue weighted by atomic mass is 9.78. The molecule has 0 atom stereocenters. The van der Waals surface area contributed by atoms with Crippen molar-refractivity contribution in [3.05, 3.63) is 89.6 Å². The second-order valence-electron chi connectivity index (χ2n) is 8.95. The van der Waals surface area contributed by atoms with E-state index in [-0.39, 0.29) is 23.4 Å². The summed E-state index contributed by atoms with van der Waals surface area (Å²) in [4.78, 5) is 26.6. The Hall–Kier alpha value is -4.14. The van der Waals surface area contributed by atoms with E-state index in [1.807, 2.05) is 48.5 Å². The zero-order valence-electron chi connectivity index (χ0n) is 19.3. The van der Waals surface area contributed by atoms with Crippen LogP contribution in [0.15, 0.2) is 72.8 Å². The molecular formula is C27H23F3N4O2. The van der Waals surface area contributed by atoms with E-state index in [4.69, 9.17) is 0 Å². The van der Waals surface area contributed by atoms with Crippen LogP contribution < -0.4 is 10.2 Å². The Labute approximate surface area is 205 Å². The molecule has 1 aromatic heterocycles. The van der Waals surface area contributed by atoms with Gasteiger partial charge >= 0.3 is 6.18 Å². The molecule has 0 bridgehead atoms. The van der Waals surface area contributed by atoms with E-state index in [0.29, 0.717) is 18.7 Å². The van der Waals surface area contributed by atoms with E-state index < -0.39 is 17.6 Å². The molecule has 0 unspecified atom stereocenters. The lowest BCUT2D eigenvalue weighted by molar-refractivity contribution is -0.137. The van der Waals surface area contributed by atoms with Gasteiger partial charge in [0.2, 0.25) is 5.91 Å². The number of carbonyl (C=O) groups excluding carboxylic acids is 2. The molecule has 0 spiro atoms. The minimum absolute atomic E-state index is 0.0238. The first-order valence-corrected chi connectivity index (χ1v) is 11.5. The fourth-order valence-corrected chi connectivity index (χ4v) is 4.60. The molecule has 5 rings (SSSR count). The van der Waals surface area contributed by atoms with Crippen molar-refractivity contribution in [2.45, 2.75) is 37.9 Å². The van der Waals surface area contributed by atoms with Crippen molar-refractivity contribution in [1.29, 1.82) is 0 Å². The molecular weight excluding hydrogens is 469 g/mol. The lowest BCUT2D eigenvalue weighted by Gasteiger charge is -2.35. The van der Waals surface area contributed by atoms with E-state index >= 15 is 0 Å². The second-order valence-corrected chi connectivity index (χ2v) is 8.95. The Bertz CT molecular complexity index is 1430. The van der Waals surface area contributed by atoms with Crippen LogP contribution in [0.3, 0.4) is 0 Å². The minimum Gasteiger partial charge on any atom is -0.349 e. The summed E-state index contributed by atoms with van der Waals surface area (Å²) in [5, 5.41) is 12.1. The Balaban J connectivity index is 1.27. The standard InChI is InChI=1S/C27H23F3N4O2/c1-16(35)34(24-11-5-7-17-6-2-3-10-22(17)24)25-15-23(32-33-25)19-13-21(14-19)31-26(36)18-8-4-9-20(12-18)27(28,29)30/h2-12,15,19,21H,13-14H2,1H3,(H,31,36)(H,32,33). The zero-order valence-corrected chi connectivity index (χ0v) is 19.3. The lowest BCUT2D eigenvalue weighted by Crippen LogP contribution is -2.43. The quantitative estimate of drug-likeness (QED) is 0.362. The number of halogens is 3. The normalized spacial score (nSPS) is 17.4. The molecule has 184 valence electrons. The third-order valence-corrected chi connectivity index (χ3v) is 6.50. The largest absolute Gasteiger partial charge is 0.416 e. The van der Waals surface area contributed by atoms with Crippen LogP contribution in [-0.2, 0) is 11.0 Å². The molecule has 2 amide bonds. The fourth-order valence-electron chi connectivity index (χ4n) is 4.60. The number of benzene rings is 3. The van der Waals surface area contributed by atoms with Gasteiger partial charge in [0.05, 0.1) is 11.3 Å². The number of nitrogens with one attached hydrogen (secondary N) is 2. The number of H-pyrrole nitrogens is 1. The van der Waals surface area contributed by atoms with Gasteiger partial charge in [0.25, 0.3) is 5.91 Å². The third-order valence-electron chi connectivity index (χ3n) is 6.50. The van der Waals surface area contributed by atoms with Crippen LogP contribution in [0, 0.1) is 0 Å². The SMILES string of the molecule is CC(=O)N(c1cc(C2CC(NC(=O)c3cccc(C(F)(F)F)c3)C2)[nH]n1)c1cccc2ccccc12. The van der Waals surface area contributed by atoms with Crippen molar-refractivity contribution in [2.24, 2.45) is 0 Å². The summed E-state index contributed by atoms with van der Waals surface area (Å²) in [5.41, 5.74) is 0.691. The van der Waals surface area contributed by atoms with E-state index in [9.17, 15) is 22.8 Å². The summed E-state index contributed by atoms with van der Waals surface area (Å²) >= 11 is 0. The molecule has 0 radical (unpaired) electrons. The number of fused-ring (bicyclic) bond motifs is 1. The van der Waals surface area contributed by atoms with Gasteiger partial charge in [-0.2, -0.15) is 18.3 Å². The minimum atomic E-state index is -4.50. The Morgan fingerprint density at radius 3 is 2.47 bits per heavy atom. The van der Waals surface area contributed by atoms with E-state index in [0.717, 1.165) is 34.3 Å². The zero-order chi connectivity index (χ0) is 25.4.